The molecule has 0 saturated heterocycles. The van der Waals surface area contributed by atoms with Gasteiger partial charge in [-0.1, -0.05) is 0 Å². The zero-order valence-electron chi connectivity index (χ0n) is 5.00. The van der Waals surface area contributed by atoms with Gasteiger partial charge in [0.2, 0.25) is 0 Å². The van der Waals surface area contributed by atoms with Crippen LogP contribution in [-0.4, -0.2) is 10.5 Å². The van der Waals surface area contributed by atoms with E-state index >= 15 is 0 Å². The van der Waals surface area contributed by atoms with Gasteiger partial charge in [-0.25, -0.2) is 0 Å². The monoisotopic (exact) mass is 172 g/mol. The Morgan fingerprint density at radius 2 is 2.22 bits per heavy atom. The number of carbonyl (C=O) groups is 1. The van der Waals surface area contributed by atoms with Crippen LogP contribution in [0.2, 0.25) is 0 Å². The summed E-state index contributed by atoms with van der Waals surface area (Å²) < 4.78 is 1.73. The van der Waals surface area contributed by atoms with E-state index in [2.05, 4.69) is 0 Å². The number of amides is 1. The van der Waals surface area contributed by atoms with Gasteiger partial charge >= 0.3 is 63.2 Å². The number of primary amides is 1. The van der Waals surface area contributed by atoms with Crippen molar-refractivity contribution < 1.29 is 22.6 Å². The third kappa shape index (κ3) is 3.09. The molecule has 0 atom stereocenters. The third-order valence-corrected chi connectivity index (χ3v) is 1.70. The van der Waals surface area contributed by atoms with Crippen LogP contribution in [0.3, 0.4) is 0 Å². The average molecular weight is 174 g/mol. The molecule has 2 nitrogen and oxygen atoms in total. The number of hydrogen-bond donors (Lipinski definition) is 1. The van der Waals surface area contributed by atoms with E-state index in [1.807, 2.05) is 0 Å². The fraction of sp³-hybridized carbons (Fsp3) is 0. The Kier molecular flexibility index (Phi) is 4.07. The van der Waals surface area contributed by atoms with E-state index in [-0.39, 0.29) is 0 Å². The summed E-state index contributed by atoms with van der Waals surface area (Å²) in [6.45, 7) is 5.03. The summed E-state index contributed by atoms with van der Waals surface area (Å²) in [4.78, 5) is 10.4. The predicted molar refractivity (Wildman–Crippen MR) is 32.2 cm³/mol. The van der Waals surface area contributed by atoms with Crippen LogP contribution in [0.5, 0.6) is 0 Å². The van der Waals surface area contributed by atoms with E-state index in [9.17, 15) is 4.79 Å². The van der Waals surface area contributed by atoms with Crippen molar-refractivity contribution >= 4 is 10.5 Å². The fourth-order valence-electron chi connectivity index (χ4n) is 0.354. The van der Waals surface area contributed by atoms with Gasteiger partial charge in [0, 0.05) is 0 Å². The van der Waals surface area contributed by atoms with Gasteiger partial charge < -0.3 is 0 Å². The molecule has 0 aliphatic carbocycles. The van der Waals surface area contributed by atoms with Gasteiger partial charge in [0.05, 0.1) is 0 Å². The summed E-state index contributed by atoms with van der Waals surface area (Å²) in [6, 6.07) is 0. The SMILES string of the molecule is [CH-]=C/C=C(\[CH]=[Zn])C(N)=O. The van der Waals surface area contributed by atoms with Gasteiger partial charge in [-0.15, -0.1) is 0 Å². The van der Waals surface area contributed by atoms with E-state index in [0.717, 1.165) is 17.9 Å². The molecule has 0 aliphatic rings. The maximum atomic E-state index is 10.4. The molecule has 2 N–H and O–H groups in total. The van der Waals surface area contributed by atoms with Crippen molar-refractivity contribution in [2.45, 2.75) is 0 Å². The van der Waals surface area contributed by atoms with Crippen molar-refractivity contribution in [1.82, 2.24) is 0 Å². The van der Waals surface area contributed by atoms with Crippen LogP contribution in [-0.2, 0) is 22.6 Å². The fourth-order valence-corrected chi connectivity index (χ4v) is 1.06. The van der Waals surface area contributed by atoms with Gasteiger partial charge in [-0.3, -0.25) is 0 Å². The molecule has 0 unspecified atom stereocenters. The Hall–Kier alpha value is -0.557. The minimum atomic E-state index is -0.428. The summed E-state index contributed by atoms with van der Waals surface area (Å²) in [5.41, 5.74) is 5.42. The van der Waals surface area contributed by atoms with Gasteiger partial charge in [-0.2, -0.15) is 0 Å². The molecule has 0 aromatic heterocycles. The van der Waals surface area contributed by atoms with E-state index in [1.165, 1.54) is 12.2 Å². The quantitative estimate of drug-likeness (QED) is 0.272. The van der Waals surface area contributed by atoms with Crippen molar-refractivity contribution in [2.24, 2.45) is 5.73 Å². The van der Waals surface area contributed by atoms with Crippen molar-refractivity contribution in [3.05, 3.63) is 24.3 Å². The zero-order valence-corrected chi connectivity index (χ0v) is 7.97. The van der Waals surface area contributed by atoms with Crippen molar-refractivity contribution in [2.75, 3.05) is 0 Å². The topological polar surface area (TPSA) is 43.1 Å². The molecule has 0 bridgehead atoms. The van der Waals surface area contributed by atoms with E-state index in [4.69, 9.17) is 12.3 Å². The summed E-state index contributed by atoms with van der Waals surface area (Å²) in [6.07, 6.45) is 2.79. The molecule has 0 spiro atoms. The summed E-state index contributed by atoms with van der Waals surface area (Å²) in [5, 5.41) is 0. The second kappa shape index (κ2) is 4.33. The van der Waals surface area contributed by atoms with Crippen LogP contribution in [0, 0.1) is 6.58 Å². The second-order valence-electron chi connectivity index (χ2n) is 1.38. The number of allylic oxidation sites excluding steroid dienone is 2. The molecule has 0 saturated carbocycles. The second-order valence-corrected chi connectivity index (χ2v) is 2.24. The van der Waals surface area contributed by atoms with E-state index in [0.29, 0.717) is 5.57 Å². The molecule has 0 aliphatic heterocycles. The first-order valence-electron chi connectivity index (χ1n) is 2.40. The number of nitrogens with two attached hydrogens (primary N) is 1. The zero-order chi connectivity index (χ0) is 7.28. The molecule has 0 heterocycles. The molecule has 0 radical (unpaired) electrons. The van der Waals surface area contributed by atoms with Crippen molar-refractivity contribution in [3.8, 4) is 0 Å². The number of hydrogen-bond acceptors (Lipinski definition) is 1. The van der Waals surface area contributed by atoms with Crippen LogP contribution >= 0.6 is 0 Å². The van der Waals surface area contributed by atoms with Crippen LogP contribution in [0.25, 0.3) is 0 Å². The van der Waals surface area contributed by atoms with Crippen LogP contribution in [0.4, 0.5) is 0 Å². The Morgan fingerprint density at radius 1 is 1.67 bits per heavy atom. The first kappa shape index (κ1) is 8.44. The summed E-state index contributed by atoms with van der Waals surface area (Å²) in [7, 11) is 0. The summed E-state index contributed by atoms with van der Waals surface area (Å²) in [5.74, 6) is -0.428. The Labute approximate surface area is 63.6 Å². The predicted octanol–water partition coefficient (Wildman–Crippen LogP) is -0.264. The molecule has 0 rings (SSSR count). The molecule has 0 aromatic carbocycles. The van der Waals surface area contributed by atoms with Crippen LogP contribution in [0.15, 0.2) is 17.7 Å². The summed E-state index contributed by atoms with van der Waals surface area (Å²) >= 11 is 0.905. The Balaban J connectivity index is 4.32. The molecule has 0 fully saturated rings. The number of carbonyl (C=O) groups excluding carboxylic acids is 1. The van der Waals surface area contributed by atoms with Gasteiger partial charge in [0.25, 0.3) is 0 Å². The van der Waals surface area contributed by atoms with Gasteiger partial charge in [-0.05, 0) is 0 Å². The number of rotatable bonds is 3. The Morgan fingerprint density at radius 3 is 2.33 bits per heavy atom. The van der Waals surface area contributed by atoms with Gasteiger partial charge in [0.15, 0.2) is 0 Å². The molecule has 3 heteroatoms. The molecular weight excluding hydrogens is 167 g/mol. The standard InChI is InChI=1S/C6H6NO.Zn/c1-3-4-5(2)6(7)8;/h1-4H,(H2,7,8);/q-1;/b5-4+;. The van der Waals surface area contributed by atoms with E-state index < -0.39 is 5.91 Å². The molecule has 9 heavy (non-hydrogen) atoms. The van der Waals surface area contributed by atoms with Crippen LogP contribution < -0.4 is 5.73 Å². The van der Waals surface area contributed by atoms with Crippen LogP contribution in [0.1, 0.15) is 0 Å². The average Bonchev–Trinajstić information content (AvgIpc) is 1.82. The maximum absolute atomic E-state index is 10.4. The third-order valence-electron chi connectivity index (χ3n) is 0.780. The first-order chi connectivity index (χ1) is 4.22. The van der Waals surface area contributed by atoms with E-state index in [1.54, 1.807) is 4.61 Å². The first-order valence-corrected chi connectivity index (χ1v) is 4.11. The molecular formula is C6H6NOZn-. The molecule has 44 valence electrons. The minimum absolute atomic E-state index is 0.428. The Bertz CT molecular complexity index is 172. The molecule has 1 amide bonds. The van der Waals surface area contributed by atoms with Crippen molar-refractivity contribution in [1.29, 1.82) is 0 Å². The van der Waals surface area contributed by atoms with Gasteiger partial charge in [0.1, 0.15) is 0 Å². The normalized spacial score (nSPS) is 10.7. The molecule has 0 aromatic rings. The van der Waals surface area contributed by atoms with Crippen molar-refractivity contribution in [3.63, 3.8) is 0 Å².